The van der Waals surface area contributed by atoms with Crippen molar-refractivity contribution in [2.45, 2.75) is 31.1 Å². The number of rotatable bonds is 1. The summed E-state index contributed by atoms with van der Waals surface area (Å²) in [5.41, 5.74) is 0. The van der Waals surface area contributed by atoms with Gasteiger partial charge in [-0.1, -0.05) is 0 Å². The Morgan fingerprint density at radius 3 is 2.65 bits per heavy atom. The summed E-state index contributed by atoms with van der Waals surface area (Å²) >= 11 is 0. The van der Waals surface area contributed by atoms with Crippen LogP contribution in [0.1, 0.15) is 12.8 Å². The standard InChI is InChI=1S/C10H16F3N3O/c11-10(12,13)8-6-15-9(17)2-4-16(8)7-1-3-14-5-7/h7-8,14H,1-6H2,(H,15,17). The van der Waals surface area contributed by atoms with Gasteiger partial charge < -0.3 is 10.6 Å². The zero-order valence-electron chi connectivity index (χ0n) is 9.39. The first-order valence-corrected chi connectivity index (χ1v) is 5.78. The van der Waals surface area contributed by atoms with Crippen LogP contribution in [0.3, 0.4) is 0 Å². The summed E-state index contributed by atoms with van der Waals surface area (Å²) in [5, 5.41) is 5.39. The zero-order valence-corrected chi connectivity index (χ0v) is 9.39. The lowest BCUT2D eigenvalue weighted by Crippen LogP contribution is -2.54. The molecule has 2 aliphatic rings. The van der Waals surface area contributed by atoms with Crippen LogP contribution in [0.25, 0.3) is 0 Å². The van der Waals surface area contributed by atoms with Crippen LogP contribution in [0.2, 0.25) is 0 Å². The highest BCUT2D eigenvalue weighted by molar-refractivity contribution is 5.76. The second-order valence-electron chi connectivity index (χ2n) is 4.50. The van der Waals surface area contributed by atoms with Crippen molar-refractivity contribution in [3.05, 3.63) is 0 Å². The summed E-state index contributed by atoms with van der Waals surface area (Å²) in [4.78, 5) is 12.6. The number of nitrogens with zero attached hydrogens (tertiary/aromatic N) is 1. The van der Waals surface area contributed by atoms with E-state index < -0.39 is 12.2 Å². The van der Waals surface area contributed by atoms with E-state index in [0.717, 1.165) is 6.54 Å². The molecule has 2 saturated heterocycles. The predicted octanol–water partition coefficient (Wildman–Crippen LogP) is 0.101. The van der Waals surface area contributed by atoms with Crippen molar-refractivity contribution < 1.29 is 18.0 Å². The third-order valence-corrected chi connectivity index (χ3v) is 3.37. The number of halogens is 3. The first kappa shape index (κ1) is 12.6. The first-order chi connectivity index (χ1) is 7.98. The molecule has 0 aromatic heterocycles. The van der Waals surface area contributed by atoms with Crippen LogP contribution >= 0.6 is 0 Å². The van der Waals surface area contributed by atoms with Gasteiger partial charge in [0, 0.05) is 32.1 Å². The van der Waals surface area contributed by atoms with Gasteiger partial charge in [-0.3, -0.25) is 9.69 Å². The molecule has 0 aromatic carbocycles. The maximum absolute atomic E-state index is 12.9. The molecule has 2 aliphatic heterocycles. The second-order valence-corrected chi connectivity index (χ2v) is 4.50. The number of amides is 1. The number of alkyl halides is 3. The Balaban J connectivity index is 2.14. The van der Waals surface area contributed by atoms with Crippen LogP contribution in [-0.2, 0) is 4.79 Å². The highest BCUT2D eigenvalue weighted by Gasteiger charge is 2.47. The Morgan fingerprint density at radius 2 is 2.06 bits per heavy atom. The Labute approximate surface area is 97.5 Å². The molecule has 7 heteroatoms. The number of nitrogens with one attached hydrogen (secondary N) is 2. The van der Waals surface area contributed by atoms with Crippen molar-refractivity contribution in [3.63, 3.8) is 0 Å². The third kappa shape index (κ3) is 2.90. The van der Waals surface area contributed by atoms with Crippen molar-refractivity contribution in [3.8, 4) is 0 Å². The van der Waals surface area contributed by atoms with E-state index in [1.807, 2.05) is 0 Å². The topological polar surface area (TPSA) is 44.4 Å². The van der Waals surface area contributed by atoms with Crippen LogP contribution in [0, 0.1) is 0 Å². The Bertz CT molecular complexity index is 289. The molecule has 2 fully saturated rings. The first-order valence-electron chi connectivity index (χ1n) is 5.78. The molecule has 0 aliphatic carbocycles. The maximum atomic E-state index is 12.9. The summed E-state index contributed by atoms with van der Waals surface area (Å²) < 4.78 is 38.8. The van der Waals surface area contributed by atoms with E-state index in [-0.39, 0.29) is 31.5 Å². The lowest BCUT2D eigenvalue weighted by atomic mass is 10.1. The Morgan fingerprint density at radius 1 is 1.29 bits per heavy atom. The van der Waals surface area contributed by atoms with Gasteiger partial charge in [0.25, 0.3) is 0 Å². The van der Waals surface area contributed by atoms with E-state index in [1.54, 1.807) is 0 Å². The summed E-state index contributed by atoms with van der Waals surface area (Å²) in [6.45, 7) is 1.16. The lowest BCUT2D eigenvalue weighted by Gasteiger charge is -2.35. The highest BCUT2D eigenvalue weighted by atomic mass is 19.4. The van der Waals surface area contributed by atoms with Gasteiger partial charge in [0.05, 0.1) is 0 Å². The minimum absolute atomic E-state index is 0.116. The molecule has 2 N–H and O–H groups in total. The van der Waals surface area contributed by atoms with Crippen LogP contribution in [0.5, 0.6) is 0 Å². The van der Waals surface area contributed by atoms with Gasteiger partial charge in [0.15, 0.2) is 0 Å². The normalized spacial score (nSPS) is 32.3. The summed E-state index contributed by atoms with van der Waals surface area (Å²) in [6, 6.07) is -1.67. The van der Waals surface area contributed by atoms with E-state index in [0.29, 0.717) is 13.0 Å². The third-order valence-electron chi connectivity index (χ3n) is 3.37. The fraction of sp³-hybridized carbons (Fsp3) is 0.900. The SMILES string of the molecule is O=C1CCN(C2CCNC2)C(C(F)(F)F)CN1. The van der Waals surface area contributed by atoms with Gasteiger partial charge in [0.1, 0.15) is 6.04 Å². The summed E-state index contributed by atoms with van der Waals surface area (Å²) in [6.07, 6.45) is -3.44. The van der Waals surface area contributed by atoms with Crippen LogP contribution in [0.4, 0.5) is 13.2 Å². The molecule has 0 aromatic rings. The quantitative estimate of drug-likeness (QED) is 0.695. The second kappa shape index (κ2) is 4.81. The van der Waals surface area contributed by atoms with Gasteiger partial charge in [0.2, 0.25) is 5.91 Å². The van der Waals surface area contributed by atoms with E-state index in [2.05, 4.69) is 10.6 Å². The van der Waals surface area contributed by atoms with E-state index in [1.165, 1.54) is 4.90 Å². The monoisotopic (exact) mass is 251 g/mol. The molecule has 0 saturated carbocycles. The van der Waals surface area contributed by atoms with Crippen molar-refractivity contribution in [1.29, 1.82) is 0 Å². The molecule has 0 spiro atoms. The average molecular weight is 251 g/mol. The molecule has 0 radical (unpaired) electrons. The smallest absolute Gasteiger partial charge is 0.354 e. The molecule has 1 amide bonds. The minimum Gasteiger partial charge on any atom is -0.354 e. The van der Waals surface area contributed by atoms with Crippen LogP contribution < -0.4 is 10.6 Å². The molecule has 98 valence electrons. The van der Waals surface area contributed by atoms with Crippen molar-refractivity contribution >= 4 is 5.91 Å². The minimum atomic E-state index is -4.29. The largest absolute Gasteiger partial charge is 0.405 e. The number of carbonyl (C=O) groups excluding carboxylic acids is 1. The van der Waals surface area contributed by atoms with Gasteiger partial charge in [-0.25, -0.2) is 0 Å². The molecule has 2 unspecified atom stereocenters. The molecule has 4 nitrogen and oxygen atoms in total. The van der Waals surface area contributed by atoms with Crippen molar-refractivity contribution in [2.24, 2.45) is 0 Å². The summed E-state index contributed by atoms with van der Waals surface area (Å²) in [7, 11) is 0. The molecule has 0 bridgehead atoms. The van der Waals surface area contributed by atoms with E-state index in [4.69, 9.17) is 0 Å². The van der Waals surface area contributed by atoms with Gasteiger partial charge in [-0.2, -0.15) is 13.2 Å². The zero-order chi connectivity index (χ0) is 12.5. The van der Waals surface area contributed by atoms with Gasteiger partial charge >= 0.3 is 6.18 Å². The van der Waals surface area contributed by atoms with E-state index >= 15 is 0 Å². The fourth-order valence-electron chi connectivity index (χ4n) is 2.47. The molecule has 17 heavy (non-hydrogen) atoms. The van der Waals surface area contributed by atoms with E-state index in [9.17, 15) is 18.0 Å². The highest BCUT2D eigenvalue weighted by Crippen LogP contribution is 2.28. The molecule has 2 atom stereocenters. The average Bonchev–Trinajstić information content (AvgIpc) is 2.67. The summed E-state index contributed by atoms with van der Waals surface area (Å²) in [5.74, 6) is -0.298. The molecule has 2 heterocycles. The number of hydrogen-bond donors (Lipinski definition) is 2. The van der Waals surface area contributed by atoms with Gasteiger partial charge in [-0.15, -0.1) is 0 Å². The number of carbonyl (C=O) groups is 1. The van der Waals surface area contributed by atoms with Crippen LogP contribution in [0.15, 0.2) is 0 Å². The lowest BCUT2D eigenvalue weighted by molar-refractivity contribution is -0.185. The van der Waals surface area contributed by atoms with Gasteiger partial charge in [-0.05, 0) is 13.0 Å². The Kier molecular flexibility index (Phi) is 3.58. The molecular weight excluding hydrogens is 235 g/mol. The fourth-order valence-corrected chi connectivity index (χ4v) is 2.47. The predicted molar refractivity (Wildman–Crippen MR) is 55.5 cm³/mol. The van der Waals surface area contributed by atoms with Crippen LogP contribution in [-0.4, -0.2) is 55.2 Å². The van der Waals surface area contributed by atoms with Crippen molar-refractivity contribution in [1.82, 2.24) is 15.5 Å². The molecule has 2 rings (SSSR count). The maximum Gasteiger partial charge on any atom is 0.405 e. The Hall–Kier alpha value is -0.820. The van der Waals surface area contributed by atoms with Crippen molar-refractivity contribution in [2.75, 3.05) is 26.2 Å². The number of hydrogen-bond acceptors (Lipinski definition) is 3. The molecular formula is C10H16F3N3O.